The molecule has 0 saturated carbocycles. The van der Waals surface area contributed by atoms with E-state index >= 15 is 0 Å². The van der Waals surface area contributed by atoms with E-state index in [0.717, 1.165) is 53.6 Å². The quantitative estimate of drug-likeness (QED) is 0.447. The monoisotopic (exact) mass is 458 g/mol. The second-order valence-electron chi connectivity index (χ2n) is 7.36. The smallest absolute Gasteiger partial charge is 0.152 e. The predicted molar refractivity (Wildman–Crippen MR) is 125 cm³/mol. The molecular weight excluding hydrogens is 428 g/mol. The number of methoxy groups -OCH3 is 1. The first-order chi connectivity index (χ1) is 14.2. The van der Waals surface area contributed by atoms with Crippen LogP contribution in [0.2, 0.25) is 0 Å². The van der Waals surface area contributed by atoms with Crippen molar-refractivity contribution in [3.63, 3.8) is 0 Å². The SMILES string of the molecule is CCCCCNC1=c2/c(ccn2Cc2ccc(CBr)cc2OC)=C\CC/C(N)=N\1. The maximum absolute atomic E-state index is 6.17. The number of alkyl halides is 1. The van der Waals surface area contributed by atoms with Crippen LogP contribution in [-0.2, 0) is 11.9 Å². The number of nitrogens with zero attached hydrogens (tertiary/aromatic N) is 2. The Morgan fingerprint density at radius 3 is 2.90 bits per heavy atom. The number of unbranched alkanes of at least 4 members (excludes halogenated alkanes) is 2. The number of hydrogen-bond acceptors (Lipinski definition) is 4. The number of aliphatic imine (C=N–C) groups is 1. The standard InChI is InChI=1S/C23H31BrN4O/c1-3-4-5-12-26-23-22-18(7-6-8-21(25)27-23)11-13-28(22)16-19-10-9-17(15-24)14-20(19)29-2/h7,9-11,13-14,26H,3-6,8,12,15-16H2,1-2H3,(H2,25,27)/b18-7-,23-22+. The molecule has 0 saturated heterocycles. The second-order valence-corrected chi connectivity index (χ2v) is 7.92. The molecule has 6 heteroatoms. The summed E-state index contributed by atoms with van der Waals surface area (Å²) in [6, 6.07) is 8.53. The maximum Gasteiger partial charge on any atom is 0.152 e. The zero-order chi connectivity index (χ0) is 20.6. The van der Waals surface area contributed by atoms with Gasteiger partial charge in [-0.2, -0.15) is 0 Å². The predicted octanol–water partition coefficient (Wildman–Crippen LogP) is 3.22. The minimum atomic E-state index is 0.678. The molecule has 0 radical (unpaired) electrons. The van der Waals surface area contributed by atoms with Crippen LogP contribution < -0.4 is 26.4 Å². The fraction of sp³-hybridized carbons (Fsp3) is 0.435. The van der Waals surface area contributed by atoms with Crippen LogP contribution in [0.1, 0.15) is 50.2 Å². The molecule has 2 heterocycles. The first-order valence-electron chi connectivity index (χ1n) is 10.3. The number of benzene rings is 1. The van der Waals surface area contributed by atoms with Crippen molar-refractivity contribution in [3.05, 3.63) is 52.2 Å². The van der Waals surface area contributed by atoms with Crippen molar-refractivity contribution in [1.29, 1.82) is 0 Å². The lowest BCUT2D eigenvalue weighted by molar-refractivity contribution is 0.408. The number of fused-ring (bicyclic) bond motifs is 1. The summed E-state index contributed by atoms with van der Waals surface area (Å²) in [5, 5.41) is 6.65. The summed E-state index contributed by atoms with van der Waals surface area (Å²) in [6.45, 7) is 3.82. The van der Waals surface area contributed by atoms with Gasteiger partial charge in [-0.05, 0) is 35.8 Å². The zero-order valence-electron chi connectivity index (χ0n) is 17.4. The Bertz CT molecular complexity index is 977. The van der Waals surface area contributed by atoms with E-state index in [0.29, 0.717) is 12.4 Å². The lowest BCUT2D eigenvalue weighted by atomic mass is 10.1. The summed E-state index contributed by atoms with van der Waals surface area (Å²) in [7, 11) is 1.72. The summed E-state index contributed by atoms with van der Waals surface area (Å²) >= 11 is 3.52. The fourth-order valence-electron chi connectivity index (χ4n) is 3.58. The Morgan fingerprint density at radius 2 is 2.14 bits per heavy atom. The largest absolute Gasteiger partial charge is 0.496 e. The van der Waals surface area contributed by atoms with Gasteiger partial charge >= 0.3 is 0 Å². The molecule has 0 spiro atoms. The molecule has 156 valence electrons. The van der Waals surface area contributed by atoms with Crippen LogP contribution in [0.3, 0.4) is 0 Å². The summed E-state index contributed by atoms with van der Waals surface area (Å²) in [5.74, 6) is 2.45. The maximum atomic E-state index is 6.17. The average Bonchev–Trinajstić information content (AvgIpc) is 3.11. The second kappa shape index (κ2) is 10.5. The van der Waals surface area contributed by atoms with Crippen molar-refractivity contribution >= 4 is 33.7 Å². The highest BCUT2D eigenvalue weighted by atomic mass is 79.9. The minimum absolute atomic E-state index is 0.678. The van der Waals surface area contributed by atoms with Gasteiger partial charge in [-0.15, -0.1) is 0 Å². The number of nitrogens with two attached hydrogens (primary N) is 1. The fourth-order valence-corrected chi connectivity index (χ4v) is 3.93. The van der Waals surface area contributed by atoms with Gasteiger partial charge in [0.15, 0.2) is 5.82 Å². The summed E-state index contributed by atoms with van der Waals surface area (Å²) < 4.78 is 7.89. The van der Waals surface area contributed by atoms with E-state index in [4.69, 9.17) is 15.5 Å². The number of aromatic nitrogens is 1. The number of amidine groups is 1. The normalized spacial score (nSPS) is 18.6. The van der Waals surface area contributed by atoms with E-state index in [2.05, 4.69) is 69.3 Å². The molecule has 29 heavy (non-hydrogen) atoms. The summed E-state index contributed by atoms with van der Waals surface area (Å²) in [5.41, 5.74) is 8.50. The van der Waals surface area contributed by atoms with Gasteiger partial charge in [0.05, 0.1) is 19.0 Å². The summed E-state index contributed by atoms with van der Waals surface area (Å²) in [4.78, 5) is 4.74. The van der Waals surface area contributed by atoms with Crippen molar-refractivity contribution in [2.45, 2.75) is 50.9 Å². The number of ether oxygens (including phenoxy) is 1. The van der Waals surface area contributed by atoms with E-state index in [1.54, 1.807) is 7.11 Å². The number of rotatable bonds is 9. The molecule has 0 amide bonds. The van der Waals surface area contributed by atoms with E-state index < -0.39 is 0 Å². The Labute approximate surface area is 181 Å². The number of halogens is 1. The van der Waals surface area contributed by atoms with Gasteiger partial charge in [0, 0.05) is 30.1 Å². The molecule has 0 unspecified atom stereocenters. The van der Waals surface area contributed by atoms with E-state index in [9.17, 15) is 0 Å². The van der Waals surface area contributed by atoms with Gasteiger partial charge in [0.25, 0.3) is 0 Å². The topological polar surface area (TPSA) is 64.6 Å². The van der Waals surface area contributed by atoms with Crippen molar-refractivity contribution in [2.75, 3.05) is 13.7 Å². The highest BCUT2D eigenvalue weighted by Crippen LogP contribution is 2.22. The molecule has 1 aromatic carbocycles. The van der Waals surface area contributed by atoms with Gasteiger partial charge in [-0.3, -0.25) is 0 Å². The van der Waals surface area contributed by atoms with Gasteiger partial charge in [-0.25, -0.2) is 4.99 Å². The molecule has 0 fully saturated rings. The van der Waals surface area contributed by atoms with Crippen molar-refractivity contribution in [2.24, 2.45) is 10.7 Å². The first-order valence-corrected chi connectivity index (χ1v) is 11.5. The first kappa shape index (κ1) is 21.5. The average molecular weight is 459 g/mol. The van der Waals surface area contributed by atoms with Crippen molar-refractivity contribution in [1.82, 2.24) is 9.88 Å². The van der Waals surface area contributed by atoms with Crippen LogP contribution in [-0.4, -0.2) is 24.1 Å². The van der Waals surface area contributed by atoms with Gasteiger partial charge < -0.3 is 20.4 Å². The molecule has 1 aliphatic heterocycles. The van der Waals surface area contributed by atoms with Crippen LogP contribution in [0.4, 0.5) is 0 Å². The Hall–Kier alpha value is -2.21. The van der Waals surface area contributed by atoms with Gasteiger partial charge in [0.1, 0.15) is 11.6 Å². The molecule has 0 bridgehead atoms. The molecule has 1 aromatic heterocycles. The van der Waals surface area contributed by atoms with Crippen LogP contribution in [0.15, 0.2) is 35.5 Å². The molecular formula is C23H31BrN4O. The van der Waals surface area contributed by atoms with Crippen molar-refractivity contribution < 1.29 is 4.74 Å². The van der Waals surface area contributed by atoms with Crippen LogP contribution in [0.5, 0.6) is 5.75 Å². The number of nitrogens with one attached hydrogen (secondary N) is 1. The van der Waals surface area contributed by atoms with Crippen molar-refractivity contribution in [3.8, 4) is 5.75 Å². The molecule has 0 aliphatic carbocycles. The van der Waals surface area contributed by atoms with E-state index in [-0.39, 0.29) is 0 Å². The van der Waals surface area contributed by atoms with E-state index in [1.165, 1.54) is 23.6 Å². The van der Waals surface area contributed by atoms with Crippen LogP contribution in [0.25, 0.3) is 11.9 Å². The van der Waals surface area contributed by atoms with Gasteiger partial charge in [0.2, 0.25) is 0 Å². The summed E-state index contributed by atoms with van der Waals surface area (Å²) in [6.07, 6.45) is 9.59. The molecule has 3 N–H and O–H groups in total. The Morgan fingerprint density at radius 1 is 1.28 bits per heavy atom. The number of hydrogen-bond donors (Lipinski definition) is 2. The third kappa shape index (κ3) is 5.44. The van der Waals surface area contributed by atoms with Crippen LogP contribution >= 0.6 is 15.9 Å². The molecule has 1 aliphatic rings. The Kier molecular flexibility index (Phi) is 7.81. The highest BCUT2D eigenvalue weighted by Gasteiger charge is 2.11. The molecule has 3 rings (SSSR count). The molecule has 2 aromatic rings. The minimum Gasteiger partial charge on any atom is -0.496 e. The third-order valence-electron chi connectivity index (χ3n) is 5.16. The molecule has 0 atom stereocenters. The Balaban J connectivity index is 2.03. The zero-order valence-corrected chi connectivity index (χ0v) is 19.0. The third-order valence-corrected chi connectivity index (χ3v) is 5.81. The molecule has 5 nitrogen and oxygen atoms in total. The lowest BCUT2D eigenvalue weighted by Crippen LogP contribution is -2.37. The van der Waals surface area contributed by atoms with Gasteiger partial charge in [-0.1, -0.05) is 53.9 Å². The lowest BCUT2D eigenvalue weighted by Gasteiger charge is -2.14. The van der Waals surface area contributed by atoms with Crippen LogP contribution in [0, 0.1) is 0 Å². The van der Waals surface area contributed by atoms with E-state index in [1.807, 2.05) is 0 Å². The highest BCUT2D eigenvalue weighted by molar-refractivity contribution is 9.08.